The van der Waals surface area contributed by atoms with Crippen molar-refractivity contribution in [1.29, 1.82) is 0 Å². The molecule has 0 saturated heterocycles. The molecule has 24 heavy (non-hydrogen) atoms. The minimum atomic E-state index is -0.0497. The normalized spacial score (nSPS) is 11.2. The Bertz CT molecular complexity index is 845. The number of hydrogen-bond donors (Lipinski definition) is 1. The summed E-state index contributed by atoms with van der Waals surface area (Å²) in [6, 6.07) is 17.6. The molecular weight excluding hydrogens is 300 g/mol. The van der Waals surface area contributed by atoms with Crippen LogP contribution in [0, 0.1) is 0 Å². The Kier molecular flexibility index (Phi) is 5.36. The summed E-state index contributed by atoms with van der Waals surface area (Å²) in [6.45, 7) is 2.88. The van der Waals surface area contributed by atoms with Crippen molar-refractivity contribution in [1.82, 2.24) is 14.3 Å². The highest BCUT2D eigenvalue weighted by atomic mass is 16.1. The molecular formula is C19H22N4O. The largest absolute Gasteiger partial charge is 0.329 e. The van der Waals surface area contributed by atoms with E-state index in [1.165, 1.54) is 5.56 Å². The SMILES string of the molecule is NCCN(CCc1ccccc1)Cc1cc(=O)n2ccccc2n1. The van der Waals surface area contributed by atoms with Gasteiger partial charge < -0.3 is 5.73 Å². The number of rotatable bonds is 7. The number of aromatic nitrogens is 2. The monoisotopic (exact) mass is 322 g/mol. The third-order valence-corrected chi connectivity index (χ3v) is 4.01. The average Bonchev–Trinajstić information content (AvgIpc) is 2.61. The van der Waals surface area contributed by atoms with Gasteiger partial charge in [-0.3, -0.25) is 14.1 Å². The zero-order chi connectivity index (χ0) is 16.8. The van der Waals surface area contributed by atoms with Gasteiger partial charge in [0.05, 0.1) is 5.69 Å². The second-order valence-electron chi connectivity index (χ2n) is 5.81. The Labute approximate surface area is 141 Å². The third-order valence-electron chi connectivity index (χ3n) is 4.01. The molecule has 0 aliphatic rings. The summed E-state index contributed by atoms with van der Waals surface area (Å²) < 4.78 is 1.56. The summed E-state index contributed by atoms with van der Waals surface area (Å²) >= 11 is 0. The molecule has 0 radical (unpaired) electrons. The molecule has 124 valence electrons. The maximum atomic E-state index is 12.2. The Hall–Kier alpha value is -2.50. The summed E-state index contributed by atoms with van der Waals surface area (Å²) in [7, 11) is 0. The van der Waals surface area contributed by atoms with Crippen molar-refractivity contribution in [3.8, 4) is 0 Å². The van der Waals surface area contributed by atoms with Crippen molar-refractivity contribution in [2.24, 2.45) is 5.73 Å². The molecule has 0 aliphatic heterocycles. The summed E-state index contributed by atoms with van der Waals surface area (Å²) in [5, 5.41) is 0. The molecule has 0 atom stereocenters. The molecule has 0 fully saturated rings. The lowest BCUT2D eigenvalue weighted by atomic mass is 10.1. The second-order valence-corrected chi connectivity index (χ2v) is 5.81. The van der Waals surface area contributed by atoms with Crippen LogP contribution in [0.3, 0.4) is 0 Å². The molecule has 1 aromatic carbocycles. The van der Waals surface area contributed by atoms with Crippen molar-refractivity contribution in [2.45, 2.75) is 13.0 Å². The zero-order valence-electron chi connectivity index (χ0n) is 13.6. The minimum Gasteiger partial charge on any atom is -0.329 e. The number of hydrogen-bond acceptors (Lipinski definition) is 4. The molecule has 0 unspecified atom stereocenters. The van der Waals surface area contributed by atoms with Crippen LogP contribution in [0.1, 0.15) is 11.3 Å². The smallest absolute Gasteiger partial charge is 0.258 e. The van der Waals surface area contributed by atoms with Crippen LogP contribution in [0.5, 0.6) is 0 Å². The standard InChI is InChI=1S/C19H22N4O/c20-10-13-22(12-9-16-6-2-1-3-7-16)15-17-14-19(24)23-11-5-4-8-18(23)21-17/h1-8,11,14H,9-10,12-13,15,20H2. The number of pyridine rings is 1. The van der Waals surface area contributed by atoms with Crippen LogP contribution < -0.4 is 11.3 Å². The van der Waals surface area contributed by atoms with E-state index in [1.54, 1.807) is 16.7 Å². The summed E-state index contributed by atoms with van der Waals surface area (Å²) in [4.78, 5) is 19.0. The van der Waals surface area contributed by atoms with E-state index in [4.69, 9.17) is 5.73 Å². The second kappa shape index (κ2) is 7.86. The summed E-state index contributed by atoms with van der Waals surface area (Å²) in [5.41, 5.74) is 8.45. The highest BCUT2D eigenvalue weighted by Gasteiger charge is 2.09. The van der Waals surface area contributed by atoms with E-state index >= 15 is 0 Å². The van der Waals surface area contributed by atoms with E-state index in [1.807, 2.05) is 24.3 Å². The van der Waals surface area contributed by atoms with E-state index < -0.39 is 0 Å². The van der Waals surface area contributed by atoms with Crippen molar-refractivity contribution >= 4 is 5.65 Å². The Morgan fingerprint density at radius 2 is 1.83 bits per heavy atom. The molecule has 0 saturated carbocycles. The fourth-order valence-corrected chi connectivity index (χ4v) is 2.80. The molecule has 5 heteroatoms. The fraction of sp³-hybridized carbons (Fsp3) is 0.263. The Morgan fingerprint density at radius 3 is 2.62 bits per heavy atom. The summed E-state index contributed by atoms with van der Waals surface area (Å²) in [5.74, 6) is 0. The van der Waals surface area contributed by atoms with Crippen LogP contribution in [0.2, 0.25) is 0 Å². The first kappa shape index (κ1) is 16.4. The van der Waals surface area contributed by atoms with Gasteiger partial charge in [-0.1, -0.05) is 36.4 Å². The van der Waals surface area contributed by atoms with E-state index in [-0.39, 0.29) is 5.56 Å². The average molecular weight is 322 g/mol. The van der Waals surface area contributed by atoms with Crippen LogP contribution >= 0.6 is 0 Å². The quantitative estimate of drug-likeness (QED) is 0.719. The molecule has 2 N–H and O–H groups in total. The first-order valence-electron chi connectivity index (χ1n) is 8.20. The number of nitrogens with zero attached hydrogens (tertiary/aromatic N) is 3. The highest BCUT2D eigenvalue weighted by molar-refractivity contribution is 5.37. The van der Waals surface area contributed by atoms with E-state index in [0.29, 0.717) is 18.7 Å². The fourth-order valence-electron chi connectivity index (χ4n) is 2.80. The van der Waals surface area contributed by atoms with Gasteiger partial charge in [0, 0.05) is 38.4 Å². The van der Waals surface area contributed by atoms with Gasteiger partial charge in [0.2, 0.25) is 0 Å². The predicted molar refractivity (Wildman–Crippen MR) is 95.9 cm³/mol. The van der Waals surface area contributed by atoms with Crippen LogP contribution in [-0.4, -0.2) is 33.9 Å². The van der Waals surface area contributed by atoms with Gasteiger partial charge in [-0.05, 0) is 24.1 Å². The molecule has 2 aromatic heterocycles. The van der Waals surface area contributed by atoms with Gasteiger partial charge in [-0.15, -0.1) is 0 Å². The van der Waals surface area contributed by atoms with Gasteiger partial charge >= 0.3 is 0 Å². The van der Waals surface area contributed by atoms with Crippen molar-refractivity contribution in [3.05, 3.63) is 82.4 Å². The number of nitrogens with two attached hydrogens (primary N) is 1. The lowest BCUT2D eigenvalue weighted by molar-refractivity contribution is 0.273. The van der Waals surface area contributed by atoms with E-state index in [9.17, 15) is 4.79 Å². The van der Waals surface area contributed by atoms with Gasteiger partial charge in [0.1, 0.15) is 5.65 Å². The maximum absolute atomic E-state index is 12.2. The molecule has 3 rings (SSSR count). The van der Waals surface area contributed by atoms with Crippen LogP contribution in [0.4, 0.5) is 0 Å². The molecule has 0 aliphatic carbocycles. The highest BCUT2D eigenvalue weighted by Crippen LogP contribution is 2.06. The van der Waals surface area contributed by atoms with Crippen LogP contribution in [-0.2, 0) is 13.0 Å². The minimum absolute atomic E-state index is 0.0497. The molecule has 5 nitrogen and oxygen atoms in total. The zero-order valence-corrected chi connectivity index (χ0v) is 13.6. The Balaban J connectivity index is 1.74. The topological polar surface area (TPSA) is 63.6 Å². The van der Waals surface area contributed by atoms with Gasteiger partial charge in [-0.2, -0.15) is 0 Å². The van der Waals surface area contributed by atoms with Gasteiger partial charge in [0.25, 0.3) is 5.56 Å². The van der Waals surface area contributed by atoms with E-state index in [0.717, 1.165) is 25.2 Å². The predicted octanol–water partition coefficient (Wildman–Crippen LogP) is 1.70. The molecule has 0 amide bonds. The third kappa shape index (κ3) is 4.07. The van der Waals surface area contributed by atoms with Crippen molar-refractivity contribution in [2.75, 3.05) is 19.6 Å². The first-order chi connectivity index (χ1) is 11.8. The van der Waals surface area contributed by atoms with Gasteiger partial charge in [-0.25, -0.2) is 4.98 Å². The van der Waals surface area contributed by atoms with Crippen LogP contribution in [0.15, 0.2) is 65.6 Å². The molecule has 0 spiro atoms. The molecule has 3 aromatic rings. The number of fused-ring (bicyclic) bond motifs is 1. The lowest BCUT2D eigenvalue weighted by Crippen LogP contribution is -2.32. The van der Waals surface area contributed by atoms with Crippen molar-refractivity contribution < 1.29 is 0 Å². The first-order valence-corrected chi connectivity index (χ1v) is 8.20. The van der Waals surface area contributed by atoms with Gasteiger partial charge in [0.15, 0.2) is 0 Å². The van der Waals surface area contributed by atoms with Crippen LogP contribution in [0.25, 0.3) is 5.65 Å². The summed E-state index contributed by atoms with van der Waals surface area (Å²) in [6.07, 6.45) is 2.69. The van der Waals surface area contributed by atoms with Crippen molar-refractivity contribution in [3.63, 3.8) is 0 Å². The number of benzene rings is 1. The molecule has 2 heterocycles. The molecule has 0 bridgehead atoms. The Morgan fingerprint density at radius 1 is 1.04 bits per heavy atom. The lowest BCUT2D eigenvalue weighted by Gasteiger charge is -2.21. The van der Waals surface area contributed by atoms with E-state index in [2.05, 4.69) is 34.1 Å². The maximum Gasteiger partial charge on any atom is 0.258 e.